The molecule has 8 heteroatoms. The highest BCUT2D eigenvalue weighted by Crippen LogP contribution is 2.21. The number of ether oxygens (including phenoxy) is 1. The summed E-state index contributed by atoms with van der Waals surface area (Å²) >= 11 is 0. The average Bonchev–Trinajstić information content (AvgIpc) is 2.42. The monoisotopic (exact) mass is 296 g/mol. The zero-order valence-corrected chi connectivity index (χ0v) is 11.3. The van der Waals surface area contributed by atoms with Gasteiger partial charge in [0.1, 0.15) is 11.8 Å². The molecule has 0 radical (unpaired) electrons. The number of carboxylic acid groups (broad SMARTS) is 2. The van der Waals surface area contributed by atoms with Gasteiger partial charge in [0.25, 0.3) is 5.91 Å². The maximum absolute atomic E-state index is 12.1. The number of anilines is 1. The lowest BCUT2D eigenvalue weighted by Crippen LogP contribution is -2.41. The fourth-order valence-electron chi connectivity index (χ4n) is 1.66. The van der Waals surface area contributed by atoms with Gasteiger partial charge in [-0.15, -0.1) is 0 Å². The van der Waals surface area contributed by atoms with Crippen LogP contribution < -0.4 is 15.8 Å². The minimum absolute atomic E-state index is 0.119. The molecule has 0 heterocycles. The van der Waals surface area contributed by atoms with Crippen molar-refractivity contribution in [2.75, 3.05) is 12.8 Å². The molecule has 0 aromatic heterocycles. The molecular formula is C13H16N2O6. The second-order valence-corrected chi connectivity index (χ2v) is 4.26. The van der Waals surface area contributed by atoms with Crippen molar-refractivity contribution in [1.82, 2.24) is 5.32 Å². The van der Waals surface area contributed by atoms with Crippen LogP contribution in [0.3, 0.4) is 0 Å². The number of amides is 1. The van der Waals surface area contributed by atoms with Gasteiger partial charge in [-0.1, -0.05) is 0 Å². The number of aliphatic carboxylic acids is 2. The van der Waals surface area contributed by atoms with Gasteiger partial charge in [0.15, 0.2) is 0 Å². The summed E-state index contributed by atoms with van der Waals surface area (Å²) < 4.78 is 5.01. The van der Waals surface area contributed by atoms with E-state index >= 15 is 0 Å². The van der Waals surface area contributed by atoms with Gasteiger partial charge in [0.2, 0.25) is 0 Å². The molecule has 8 nitrogen and oxygen atoms in total. The molecule has 1 amide bonds. The molecule has 0 unspecified atom stereocenters. The SMILES string of the molecule is COc1cc(N)ccc1C(=O)N[C@H](CCC(=O)O)C(=O)O. The van der Waals surface area contributed by atoms with Crippen LogP contribution in [0.25, 0.3) is 0 Å². The van der Waals surface area contributed by atoms with E-state index < -0.39 is 23.9 Å². The minimum atomic E-state index is -1.31. The first-order chi connectivity index (χ1) is 9.85. The van der Waals surface area contributed by atoms with Gasteiger partial charge >= 0.3 is 11.9 Å². The maximum atomic E-state index is 12.1. The van der Waals surface area contributed by atoms with Crippen molar-refractivity contribution in [2.24, 2.45) is 0 Å². The standard InChI is InChI=1S/C13H16N2O6/c1-21-10-6-7(14)2-3-8(10)12(18)15-9(13(19)20)4-5-11(16)17/h2-3,6,9H,4-5,14H2,1H3,(H,15,18)(H,16,17)(H,19,20)/t9-/m1/s1. The van der Waals surface area contributed by atoms with Gasteiger partial charge in [-0.25, -0.2) is 4.79 Å². The normalized spacial score (nSPS) is 11.5. The molecule has 114 valence electrons. The smallest absolute Gasteiger partial charge is 0.326 e. The molecule has 0 bridgehead atoms. The van der Waals surface area contributed by atoms with Crippen molar-refractivity contribution in [2.45, 2.75) is 18.9 Å². The summed E-state index contributed by atoms with van der Waals surface area (Å²) in [6, 6.07) is 3.02. The summed E-state index contributed by atoms with van der Waals surface area (Å²) in [7, 11) is 1.35. The Labute approximate surface area is 120 Å². The lowest BCUT2D eigenvalue weighted by Gasteiger charge is -2.15. The Balaban J connectivity index is 2.86. The van der Waals surface area contributed by atoms with Gasteiger partial charge in [-0.2, -0.15) is 0 Å². The van der Waals surface area contributed by atoms with E-state index in [2.05, 4.69) is 5.32 Å². The molecule has 0 saturated heterocycles. The Hall–Kier alpha value is -2.77. The molecule has 0 saturated carbocycles. The number of hydrogen-bond acceptors (Lipinski definition) is 5. The third-order valence-corrected chi connectivity index (χ3v) is 2.72. The number of carbonyl (C=O) groups is 3. The van der Waals surface area contributed by atoms with E-state index in [1.807, 2.05) is 0 Å². The summed E-state index contributed by atoms with van der Waals surface area (Å²) in [5.74, 6) is -2.92. The largest absolute Gasteiger partial charge is 0.496 e. The van der Waals surface area contributed by atoms with Crippen molar-refractivity contribution in [3.8, 4) is 5.75 Å². The van der Waals surface area contributed by atoms with E-state index in [1.165, 1.54) is 25.3 Å². The molecule has 1 aromatic carbocycles. The molecule has 0 aliphatic heterocycles. The van der Waals surface area contributed by atoms with E-state index in [1.54, 1.807) is 0 Å². The van der Waals surface area contributed by atoms with Crippen molar-refractivity contribution in [3.63, 3.8) is 0 Å². The van der Waals surface area contributed by atoms with Crippen LogP contribution >= 0.6 is 0 Å². The van der Waals surface area contributed by atoms with E-state index in [0.29, 0.717) is 5.69 Å². The van der Waals surface area contributed by atoms with Crippen LogP contribution in [0, 0.1) is 0 Å². The summed E-state index contributed by atoms with van der Waals surface area (Å²) in [5, 5.41) is 19.8. The van der Waals surface area contributed by atoms with Crippen LogP contribution in [0.2, 0.25) is 0 Å². The van der Waals surface area contributed by atoms with Crippen LogP contribution in [-0.4, -0.2) is 41.2 Å². The Bertz CT molecular complexity index is 558. The fourth-order valence-corrected chi connectivity index (χ4v) is 1.66. The summed E-state index contributed by atoms with van der Waals surface area (Å²) in [6.45, 7) is 0. The summed E-state index contributed by atoms with van der Waals surface area (Å²) in [5.41, 5.74) is 6.07. The first-order valence-electron chi connectivity index (χ1n) is 6.04. The number of methoxy groups -OCH3 is 1. The van der Waals surface area contributed by atoms with Crippen molar-refractivity contribution in [3.05, 3.63) is 23.8 Å². The molecule has 1 aromatic rings. The number of rotatable bonds is 7. The van der Waals surface area contributed by atoms with Crippen molar-refractivity contribution >= 4 is 23.5 Å². The quantitative estimate of drug-likeness (QED) is 0.531. The van der Waals surface area contributed by atoms with Crippen LogP contribution in [0.15, 0.2) is 18.2 Å². The lowest BCUT2D eigenvalue weighted by atomic mass is 10.1. The maximum Gasteiger partial charge on any atom is 0.326 e. The predicted molar refractivity (Wildman–Crippen MR) is 73.2 cm³/mol. The fraction of sp³-hybridized carbons (Fsp3) is 0.308. The van der Waals surface area contributed by atoms with Crippen LogP contribution in [-0.2, 0) is 9.59 Å². The summed E-state index contributed by atoms with van der Waals surface area (Å²) in [4.78, 5) is 33.6. The second-order valence-electron chi connectivity index (χ2n) is 4.26. The van der Waals surface area contributed by atoms with E-state index in [4.69, 9.17) is 20.7 Å². The van der Waals surface area contributed by atoms with Crippen LogP contribution in [0.4, 0.5) is 5.69 Å². The van der Waals surface area contributed by atoms with Crippen LogP contribution in [0.1, 0.15) is 23.2 Å². The van der Waals surface area contributed by atoms with E-state index in [-0.39, 0.29) is 24.2 Å². The first kappa shape index (κ1) is 16.3. The Kier molecular flexibility index (Phi) is 5.53. The summed E-state index contributed by atoms with van der Waals surface area (Å²) in [6.07, 6.45) is -0.580. The third-order valence-electron chi connectivity index (χ3n) is 2.72. The van der Waals surface area contributed by atoms with E-state index in [0.717, 1.165) is 0 Å². The van der Waals surface area contributed by atoms with Crippen molar-refractivity contribution < 1.29 is 29.3 Å². The second kappa shape index (κ2) is 7.13. The van der Waals surface area contributed by atoms with Crippen LogP contribution in [0.5, 0.6) is 5.75 Å². The number of nitrogens with two attached hydrogens (primary N) is 1. The van der Waals surface area contributed by atoms with Gasteiger partial charge < -0.3 is 26.0 Å². The van der Waals surface area contributed by atoms with E-state index in [9.17, 15) is 14.4 Å². The number of nitrogens with one attached hydrogen (secondary N) is 1. The van der Waals surface area contributed by atoms with Gasteiger partial charge in [-0.3, -0.25) is 9.59 Å². The number of hydrogen-bond donors (Lipinski definition) is 4. The Morgan fingerprint density at radius 3 is 2.52 bits per heavy atom. The van der Waals surface area contributed by atoms with Gasteiger partial charge in [0, 0.05) is 18.2 Å². The third kappa shape index (κ3) is 4.68. The Morgan fingerprint density at radius 1 is 1.33 bits per heavy atom. The number of carboxylic acids is 2. The molecule has 5 N–H and O–H groups in total. The minimum Gasteiger partial charge on any atom is -0.496 e. The molecule has 0 spiro atoms. The molecule has 0 fully saturated rings. The highest BCUT2D eigenvalue weighted by Gasteiger charge is 2.23. The molecule has 21 heavy (non-hydrogen) atoms. The molecule has 0 aliphatic rings. The number of benzene rings is 1. The topological polar surface area (TPSA) is 139 Å². The predicted octanol–water partition coefficient (Wildman–Crippen LogP) is 0.325. The van der Waals surface area contributed by atoms with Crippen molar-refractivity contribution in [1.29, 1.82) is 0 Å². The molecule has 1 rings (SSSR count). The molecule has 1 atom stereocenters. The average molecular weight is 296 g/mol. The number of nitrogen functional groups attached to an aromatic ring is 1. The first-order valence-corrected chi connectivity index (χ1v) is 6.04. The van der Waals surface area contributed by atoms with Gasteiger partial charge in [-0.05, 0) is 18.6 Å². The zero-order chi connectivity index (χ0) is 16.0. The van der Waals surface area contributed by atoms with Gasteiger partial charge in [0.05, 0.1) is 12.7 Å². The molecular weight excluding hydrogens is 280 g/mol. The highest BCUT2D eigenvalue weighted by molar-refractivity contribution is 5.99. The molecule has 0 aliphatic carbocycles. The Morgan fingerprint density at radius 2 is 2.00 bits per heavy atom. The number of carbonyl (C=O) groups excluding carboxylic acids is 1. The lowest BCUT2D eigenvalue weighted by molar-refractivity contribution is -0.140. The highest BCUT2D eigenvalue weighted by atomic mass is 16.5. The zero-order valence-electron chi connectivity index (χ0n) is 11.3.